The smallest absolute Gasteiger partial charge is 0.260 e. The molecule has 0 unspecified atom stereocenters. The van der Waals surface area contributed by atoms with Crippen molar-refractivity contribution in [2.75, 3.05) is 5.32 Å². The van der Waals surface area contributed by atoms with Gasteiger partial charge in [0, 0.05) is 18.1 Å². The van der Waals surface area contributed by atoms with Gasteiger partial charge < -0.3 is 5.32 Å². The molecule has 82 valence electrons. The van der Waals surface area contributed by atoms with Crippen LogP contribution < -0.4 is 5.32 Å². The van der Waals surface area contributed by atoms with Crippen molar-refractivity contribution in [2.45, 2.75) is 13.8 Å². The van der Waals surface area contributed by atoms with Crippen molar-refractivity contribution in [3.8, 4) is 0 Å². The van der Waals surface area contributed by atoms with Crippen LogP contribution in [0.15, 0.2) is 18.6 Å². The molecule has 0 fully saturated rings. The van der Waals surface area contributed by atoms with Gasteiger partial charge in [0.15, 0.2) is 5.82 Å². The van der Waals surface area contributed by atoms with Crippen molar-refractivity contribution < 1.29 is 4.79 Å². The third-order valence-electron chi connectivity index (χ3n) is 2.16. The molecule has 0 saturated carbocycles. The molecular formula is C10H11N5O. The standard InChI is InChI=1S/C10H11N5O/c1-6-9(7(2)15-14-6)10(16)13-8-5-11-3-4-12-8/h3-5H,1-2H3,(H,14,15)(H,12,13,16). The number of aromatic nitrogens is 4. The number of carbonyl (C=O) groups is 1. The maximum absolute atomic E-state index is 11.9. The highest BCUT2D eigenvalue weighted by molar-refractivity contribution is 6.05. The second kappa shape index (κ2) is 4.09. The average Bonchev–Trinajstić information content (AvgIpc) is 2.60. The Morgan fingerprint density at radius 2 is 2.19 bits per heavy atom. The van der Waals surface area contributed by atoms with Gasteiger partial charge in [-0.15, -0.1) is 0 Å². The van der Waals surface area contributed by atoms with Gasteiger partial charge in [0.05, 0.1) is 17.5 Å². The molecule has 0 radical (unpaired) electrons. The Morgan fingerprint density at radius 1 is 1.38 bits per heavy atom. The average molecular weight is 217 g/mol. The molecule has 2 heterocycles. The molecule has 0 bridgehead atoms. The van der Waals surface area contributed by atoms with Crippen molar-refractivity contribution in [1.82, 2.24) is 20.2 Å². The predicted molar refractivity (Wildman–Crippen MR) is 58.0 cm³/mol. The van der Waals surface area contributed by atoms with Gasteiger partial charge in [0.1, 0.15) is 0 Å². The molecule has 6 nitrogen and oxygen atoms in total. The SMILES string of the molecule is Cc1n[nH]c(C)c1C(=O)Nc1cnccn1. The summed E-state index contributed by atoms with van der Waals surface area (Å²) in [5.41, 5.74) is 1.95. The molecule has 0 aliphatic carbocycles. The number of aromatic amines is 1. The molecular weight excluding hydrogens is 206 g/mol. The maximum Gasteiger partial charge on any atom is 0.260 e. The number of amides is 1. The number of rotatable bonds is 2. The molecule has 2 rings (SSSR count). The number of aryl methyl sites for hydroxylation is 2. The van der Waals surface area contributed by atoms with E-state index in [9.17, 15) is 4.79 Å². The largest absolute Gasteiger partial charge is 0.305 e. The first-order valence-electron chi connectivity index (χ1n) is 4.77. The van der Waals surface area contributed by atoms with E-state index in [1.807, 2.05) is 0 Å². The number of nitrogens with zero attached hydrogens (tertiary/aromatic N) is 3. The van der Waals surface area contributed by atoms with Crippen LogP contribution in [0.2, 0.25) is 0 Å². The quantitative estimate of drug-likeness (QED) is 0.788. The van der Waals surface area contributed by atoms with Crippen LogP contribution >= 0.6 is 0 Å². The zero-order chi connectivity index (χ0) is 11.5. The Labute approximate surface area is 92.1 Å². The summed E-state index contributed by atoms with van der Waals surface area (Å²) in [5.74, 6) is 0.191. The molecule has 0 aromatic carbocycles. The van der Waals surface area contributed by atoms with Crippen molar-refractivity contribution in [3.05, 3.63) is 35.5 Å². The minimum atomic E-state index is -0.232. The van der Waals surface area contributed by atoms with Crippen molar-refractivity contribution in [3.63, 3.8) is 0 Å². The van der Waals surface area contributed by atoms with Crippen LogP contribution in [0.25, 0.3) is 0 Å². The van der Waals surface area contributed by atoms with Gasteiger partial charge in [0.25, 0.3) is 5.91 Å². The number of anilines is 1. The van der Waals surface area contributed by atoms with E-state index in [0.717, 1.165) is 5.69 Å². The lowest BCUT2D eigenvalue weighted by Crippen LogP contribution is -2.14. The van der Waals surface area contributed by atoms with Crippen molar-refractivity contribution in [2.24, 2.45) is 0 Å². The molecule has 2 aromatic heterocycles. The number of carbonyl (C=O) groups excluding carboxylic acids is 1. The van der Waals surface area contributed by atoms with E-state index in [0.29, 0.717) is 17.1 Å². The number of nitrogens with one attached hydrogen (secondary N) is 2. The van der Waals surface area contributed by atoms with Crippen LogP contribution in [0.4, 0.5) is 5.82 Å². The molecule has 1 amide bonds. The molecule has 2 N–H and O–H groups in total. The van der Waals surface area contributed by atoms with E-state index >= 15 is 0 Å². The van der Waals surface area contributed by atoms with Gasteiger partial charge in [-0.05, 0) is 13.8 Å². The fourth-order valence-corrected chi connectivity index (χ4v) is 1.43. The highest BCUT2D eigenvalue weighted by Gasteiger charge is 2.15. The second-order valence-electron chi connectivity index (χ2n) is 3.35. The molecule has 0 saturated heterocycles. The maximum atomic E-state index is 11.9. The summed E-state index contributed by atoms with van der Waals surface area (Å²) in [6.45, 7) is 3.57. The zero-order valence-electron chi connectivity index (χ0n) is 8.98. The van der Waals surface area contributed by atoms with E-state index in [2.05, 4.69) is 25.5 Å². The first-order valence-corrected chi connectivity index (χ1v) is 4.77. The number of hydrogen-bond acceptors (Lipinski definition) is 4. The van der Waals surface area contributed by atoms with E-state index in [4.69, 9.17) is 0 Å². The number of hydrogen-bond donors (Lipinski definition) is 2. The highest BCUT2D eigenvalue weighted by Crippen LogP contribution is 2.11. The summed E-state index contributed by atoms with van der Waals surface area (Å²) in [6.07, 6.45) is 4.55. The topological polar surface area (TPSA) is 83.6 Å². The summed E-state index contributed by atoms with van der Waals surface area (Å²) in [7, 11) is 0. The Balaban J connectivity index is 2.22. The lowest BCUT2D eigenvalue weighted by atomic mass is 10.2. The summed E-state index contributed by atoms with van der Waals surface area (Å²) < 4.78 is 0. The molecule has 16 heavy (non-hydrogen) atoms. The molecule has 2 aromatic rings. The summed E-state index contributed by atoms with van der Waals surface area (Å²) in [4.78, 5) is 19.7. The lowest BCUT2D eigenvalue weighted by molar-refractivity contribution is 0.102. The van der Waals surface area contributed by atoms with Crippen LogP contribution in [-0.2, 0) is 0 Å². The van der Waals surface area contributed by atoms with Gasteiger partial charge in [-0.1, -0.05) is 0 Å². The Kier molecular flexibility index (Phi) is 2.63. The minimum Gasteiger partial charge on any atom is -0.305 e. The third-order valence-corrected chi connectivity index (χ3v) is 2.16. The normalized spacial score (nSPS) is 10.1. The van der Waals surface area contributed by atoms with Gasteiger partial charge in [-0.25, -0.2) is 4.98 Å². The van der Waals surface area contributed by atoms with Crippen LogP contribution in [0.5, 0.6) is 0 Å². The summed E-state index contributed by atoms with van der Waals surface area (Å²) in [6, 6.07) is 0. The Hall–Kier alpha value is -2.24. The van der Waals surface area contributed by atoms with E-state index in [-0.39, 0.29) is 5.91 Å². The fraction of sp³-hybridized carbons (Fsp3) is 0.200. The molecule has 6 heteroatoms. The molecule has 0 aliphatic heterocycles. The van der Waals surface area contributed by atoms with E-state index in [1.54, 1.807) is 20.0 Å². The fourth-order valence-electron chi connectivity index (χ4n) is 1.43. The summed E-state index contributed by atoms with van der Waals surface area (Å²) in [5, 5.41) is 9.37. The first kappa shape index (κ1) is 10.3. The van der Waals surface area contributed by atoms with Gasteiger partial charge in [0.2, 0.25) is 0 Å². The highest BCUT2D eigenvalue weighted by atomic mass is 16.1. The van der Waals surface area contributed by atoms with Gasteiger partial charge in [-0.3, -0.25) is 14.9 Å². The van der Waals surface area contributed by atoms with E-state index in [1.165, 1.54) is 12.4 Å². The van der Waals surface area contributed by atoms with Crippen molar-refractivity contribution >= 4 is 11.7 Å². The van der Waals surface area contributed by atoms with Crippen LogP contribution in [0.3, 0.4) is 0 Å². The molecule has 0 spiro atoms. The van der Waals surface area contributed by atoms with Crippen LogP contribution in [-0.4, -0.2) is 26.1 Å². The van der Waals surface area contributed by atoms with E-state index < -0.39 is 0 Å². The first-order chi connectivity index (χ1) is 7.68. The van der Waals surface area contributed by atoms with Crippen LogP contribution in [0, 0.1) is 13.8 Å². The summed E-state index contributed by atoms with van der Waals surface area (Å²) >= 11 is 0. The Bertz CT molecular complexity index is 486. The second-order valence-corrected chi connectivity index (χ2v) is 3.35. The minimum absolute atomic E-state index is 0.232. The lowest BCUT2D eigenvalue weighted by Gasteiger charge is -2.03. The van der Waals surface area contributed by atoms with Crippen molar-refractivity contribution in [1.29, 1.82) is 0 Å². The van der Waals surface area contributed by atoms with Gasteiger partial charge in [-0.2, -0.15) is 5.10 Å². The predicted octanol–water partition coefficient (Wildman–Crippen LogP) is 1.07. The van der Waals surface area contributed by atoms with Gasteiger partial charge >= 0.3 is 0 Å². The molecule has 0 atom stereocenters. The monoisotopic (exact) mass is 217 g/mol. The zero-order valence-corrected chi connectivity index (χ0v) is 8.98. The molecule has 0 aliphatic rings. The number of H-pyrrole nitrogens is 1. The third kappa shape index (κ3) is 1.90. The van der Waals surface area contributed by atoms with Crippen LogP contribution in [0.1, 0.15) is 21.7 Å². The Morgan fingerprint density at radius 3 is 2.75 bits per heavy atom.